The number of H-pyrrole nitrogens is 1. The molecule has 1 aromatic heterocycles. The first-order valence-corrected chi connectivity index (χ1v) is 8.17. The Morgan fingerprint density at radius 3 is 2.55 bits per heavy atom. The predicted molar refractivity (Wildman–Crippen MR) is 90.0 cm³/mol. The fourth-order valence-corrected chi connectivity index (χ4v) is 2.57. The zero-order valence-electron chi connectivity index (χ0n) is 13.0. The number of hydrogen-bond donors (Lipinski definition) is 2. The van der Waals surface area contributed by atoms with E-state index in [2.05, 4.69) is 20.5 Å². The summed E-state index contributed by atoms with van der Waals surface area (Å²) >= 11 is 7.19. The van der Waals surface area contributed by atoms with Crippen molar-refractivity contribution in [3.63, 3.8) is 0 Å². The standard InChI is InChI=1S/C15H19ClN4OS/c1-9(13(21)18-15(2,3)4)22-14-17-12(19-20-14)10-5-7-11(16)8-6-10/h5-9H,1-4H3,(H,18,21)(H,17,19,20). The number of aromatic nitrogens is 3. The predicted octanol–water partition coefficient (Wildman–Crippen LogP) is 3.52. The lowest BCUT2D eigenvalue weighted by atomic mass is 10.1. The second-order valence-electron chi connectivity index (χ2n) is 5.97. The molecule has 1 amide bonds. The fraction of sp³-hybridized carbons (Fsp3) is 0.400. The van der Waals surface area contributed by atoms with Gasteiger partial charge in [-0.05, 0) is 52.0 Å². The maximum atomic E-state index is 12.1. The van der Waals surface area contributed by atoms with E-state index in [9.17, 15) is 4.79 Å². The van der Waals surface area contributed by atoms with E-state index < -0.39 is 0 Å². The van der Waals surface area contributed by atoms with Gasteiger partial charge in [0.1, 0.15) is 0 Å². The van der Waals surface area contributed by atoms with Crippen molar-refractivity contribution in [3.05, 3.63) is 29.3 Å². The van der Waals surface area contributed by atoms with Crippen LogP contribution in [0.3, 0.4) is 0 Å². The van der Waals surface area contributed by atoms with E-state index in [1.807, 2.05) is 39.8 Å². The Hall–Kier alpha value is -1.53. The Morgan fingerprint density at radius 2 is 1.95 bits per heavy atom. The van der Waals surface area contributed by atoms with Crippen molar-refractivity contribution in [3.8, 4) is 11.4 Å². The highest BCUT2D eigenvalue weighted by Crippen LogP contribution is 2.24. The first-order valence-electron chi connectivity index (χ1n) is 6.91. The zero-order valence-corrected chi connectivity index (χ0v) is 14.5. The molecule has 0 saturated heterocycles. The van der Waals surface area contributed by atoms with Gasteiger partial charge in [0.05, 0.1) is 5.25 Å². The minimum atomic E-state index is -0.270. The topological polar surface area (TPSA) is 70.7 Å². The Balaban J connectivity index is 2.03. The van der Waals surface area contributed by atoms with Crippen LogP contribution in [0.1, 0.15) is 27.7 Å². The van der Waals surface area contributed by atoms with Gasteiger partial charge in [-0.15, -0.1) is 5.10 Å². The number of nitrogens with one attached hydrogen (secondary N) is 2. The molecule has 5 nitrogen and oxygen atoms in total. The second-order valence-corrected chi connectivity index (χ2v) is 7.72. The molecule has 7 heteroatoms. The number of carbonyl (C=O) groups excluding carboxylic acids is 1. The van der Waals surface area contributed by atoms with Gasteiger partial charge in [0.25, 0.3) is 0 Å². The molecule has 2 rings (SSSR count). The molecule has 22 heavy (non-hydrogen) atoms. The molecular weight excluding hydrogens is 320 g/mol. The SMILES string of the molecule is CC(Sc1n[nH]c(-c2ccc(Cl)cc2)n1)C(=O)NC(C)(C)C. The van der Waals surface area contributed by atoms with E-state index in [-0.39, 0.29) is 16.7 Å². The number of aromatic amines is 1. The van der Waals surface area contributed by atoms with Gasteiger partial charge in [-0.25, -0.2) is 4.98 Å². The fourth-order valence-electron chi connectivity index (χ4n) is 1.72. The number of carbonyl (C=O) groups is 1. The minimum Gasteiger partial charge on any atom is -0.351 e. The normalized spacial score (nSPS) is 13.0. The van der Waals surface area contributed by atoms with Crippen LogP contribution in [0, 0.1) is 0 Å². The second kappa shape index (κ2) is 6.71. The molecule has 0 spiro atoms. The van der Waals surface area contributed by atoms with Gasteiger partial charge in [-0.2, -0.15) is 0 Å². The summed E-state index contributed by atoms with van der Waals surface area (Å²) in [6.45, 7) is 7.69. The summed E-state index contributed by atoms with van der Waals surface area (Å²) in [4.78, 5) is 16.5. The quantitative estimate of drug-likeness (QED) is 0.837. The molecule has 0 aliphatic carbocycles. The number of nitrogens with zero attached hydrogens (tertiary/aromatic N) is 2. The van der Waals surface area contributed by atoms with Crippen LogP contribution in [-0.2, 0) is 4.79 Å². The number of hydrogen-bond acceptors (Lipinski definition) is 4. The molecule has 0 fully saturated rings. The third-order valence-corrected chi connectivity index (χ3v) is 3.95. The average Bonchev–Trinajstić information content (AvgIpc) is 2.86. The summed E-state index contributed by atoms with van der Waals surface area (Å²) in [6.07, 6.45) is 0. The highest BCUT2D eigenvalue weighted by Gasteiger charge is 2.21. The van der Waals surface area contributed by atoms with Crippen molar-refractivity contribution < 1.29 is 4.79 Å². The lowest BCUT2D eigenvalue weighted by Gasteiger charge is -2.22. The summed E-state index contributed by atoms with van der Waals surface area (Å²) in [6, 6.07) is 7.33. The number of halogens is 1. The number of rotatable bonds is 4. The number of amides is 1. The van der Waals surface area contributed by atoms with E-state index in [0.717, 1.165) is 5.56 Å². The van der Waals surface area contributed by atoms with E-state index in [1.54, 1.807) is 12.1 Å². The van der Waals surface area contributed by atoms with Crippen LogP contribution in [-0.4, -0.2) is 31.9 Å². The van der Waals surface area contributed by atoms with Gasteiger partial charge in [0.2, 0.25) is 11.1 Å². The van der Waals surface area contributed by atoms with Crippen LogP contribution in [0.2, 0.25) is 5.02 Å². The van der Waals surface area contributed by atoms with Crippen LogP contribution < -0.4 is 5.32 Å². The zero-order chi connectivity index (χ0) is 16.3. The summed E-state index contributed by atoms with van der Waals surface area (Å²) in [7, 11) is 0. The van der Waals surface area contributed by atoms with Gasteiger partial charge in [0, 0.05) is 16.1 Å². The van der Waals surface area contributed by atoms with Gasteiger partial charge in [-0.1, -0.05) is 23.4 Å². The van der Waals surface area contributed by atoms with Gasteiger partial charge < -0.3 is 5.32 Å². The van der Waals surface area contributed by atoms with Gasteiger partial charge in [0.15, 0.2) is 5.82 Å². The summed E-state index contributed by atoms with van der Waals surface area (Å²) in [5.41, 5.74) is 0.648. The lowest BCUT2D eigenvalue weighted by Crippen LogP contribution is -2.44. The first kappa shape index (κ1) is 16.8. The maximum absolute atomic E-state index is 12.1. The lowest BCUT2D eigenvalue weighted by molar-refractivity contribution is -0.121. The van der Waals surface area contributed by atoms with E-state index in [4.69, 9.17) is 11.6 Å². The Labute approximate surface area is 139 Å². The highest BCUT2D eigenvalue weighted by atomic mass is 35.5. The average molecular weight is 339 g/mol. The van der Waals surface area contributed by atoms with Gasteiger partial charge >= 0.3 is 0 Å². The largest absolute Gasteiger partial charge is 0.351 e. The van der Waals surface area contributed by atoms with Crippen molar-refractivity contribution in [1.82, 2.24) is 20.5 Å². The monoisotopic (exact) mass is 338 g/mol. The Kier molecular flexibility index (Phi) is 5.13. The highest BCUT2D eigenvalue weighted by molar-refractivity contribution is 8.00. The van der Waals surface area contributed by atoms with Crippen LogP contribution in [0.25, 0.3) is 11.4 Å². The molecule has 0 aliphatic heterocycles. The molecule has 1 atom stereocenters. The van der Waals surface area contributed by atoms with Crippen molar-refractivity contribution in [2.75, 3.05) is 0 Å². The Bertz CT molecular complexity index is 648. The first-order chi connectivity index (χ1) is 10.2. The molecule has 0 radical (unpaired) electrons. The summed E-state index contributed by atoms with van der Waals surface area (Å²) in [5.74, 6) is 0.623. The number of benzene rings is 1. The minimum absolute atomic E-state index is 0.0321. The van der Waals surface area contributed by atoms with Crippen LogP contribution in [0.15, 0.2) is 29.4 Å². The van der Waals surface area contributed by atoms with Gasteiger partial charge in [-0.3, -0.25) is 9.89 Å². The molecule has 1 aromatic carbocycles. The summed E-state index contributed by atoms with van der Waals surface area (Å²) < 4.78 is 0. The van der Waals surface area contributed by atoms with Crippen molar-refractivity contribution in [2.45, 2.75) is 43.6 Å². The van der Waals surface area contributed by atoms with Crippen molar-refractivity contribution >= 4 is 29.3 Å². The number of thioether (sulfide) groups is 1. The third-order valence-electron chi connectivity index (χ3n) is 2.73. The maximum Gasteiger partial charge on any atom is 0.233 e. The van der Waals surface area contributed by atoms with E-state index >= 15 is 0 Å². The molecule has 0 aliphatic rings. The molecule has 1 unspecified atom stereocenters. The van der Waals surface area contributed by atoms with Crippen molar-refractivity contribution in [2.24, 2.45) is 0 Å². The molecule has 2 aromatic rings. The summed E-state index contributed by atoms with van der Waals surface area (Å²) in [5, 5.41) is 10.9. The van der Waals surface area contributed by atoms with Crippen LogP contribution in [0.5, 0.6) is 0 Å². The molecule has 2 N–H and O–H groups in total. The van der Waals surface area contributed by atoms with Crippen molar-refractivity contribution in [1.29, 1.82) is 0 Å². The molecule has 118 valence electrons. The Morgan fingerprint density at radius 1 is 1.32 bits per heavy atom. The molecule has 0 saturated carbocycles. The van der Waals surface area contributed by atoms with Crippen LogP contribution >= 0.6 is 23.4 Å². The molecule has 0 bridgehead atoms. The van der Waals surface area contributed by atoms with Crippen LogP contribution in [0.4, 0.5) is 0 Å². The van der Waals surface area contributed by atoms with E-state index in [0.29, 0.717) is 16.0 Å². The smallest absolute Gasteiger partial charge is 0.233 e. The third kappa shape index (κ3) is 4.74. The molecular formula is C15H19ClN4OS. The van der Waals surface area contributed by atoms with E-state index in [1.165, 1.54) is 11.8 Å². The molecule has 1 heterocycles.